The Labute approximate surface area is 85.9 Å². The van der Waals surface area contributed by atoms with Crippen molar-refractivity contribution in [3.8, 4) is 12.3 Å². The molecule has 1 aliphatic heterocycles. The molecule has 0 spiro atoms. The molecule has 0 unspecified atom stereocenters. The SMILES string of the molecule is C#CCCCNS(=O)(=O)N1CCCC1. The van der Waals surface area contributed by atoms with Crippen LogP contribution >= 0.6 is 0 Å². The number of hydrogen-bond acceptors (Lipinski definition) is 2. The highest BCUT2D eigenvalue weighted by Gasteiger charge is 2.24. The third-order valence-corrected chi connectivity index (χ3v) is 3.80. The first-order valence-electron chi connectivity index (χ1n) is 4.85. The first kappa shape index (κ1) is 11.5. The molecule has 5 heteroatoms. The molecule has 0 aromatic rings. The van der Waals surface area contributed by atoms with Crippen LogP contribution in [0.2, 0.25) is 0 Å². The maximum absolute atomic E-state index is 11.6. The zero-order valence-electron chi connectivity index (χ0n) is 8.20. The number of rotatable bonds is 5. The summed E-state index contributed by atoms with van der Waals surface area (Å²) in [6.07, 6.45) is 8.30. The summed E-state index contributed by atoms with van der Waals surface area (Å²) in [4.78, 5) is 0. The molecule has 0 saturated carbocycles. The fourth-order valence-electron chi connectivity index (χ4n) is 1.41. The lowest BCUT2D eigenvalue weighted by atomic mass is 10.3. The van der Waals surface area contributed by atoms with Crippen LogP contribution in [-0.2, 0) is 10.2 Å². The Morgan fingerprint density at radius 3 is 2.57 bits per heavy atom. The van der Waals surface area contributed by atoms with Gasteiger partial charge in [-0.3, -0.25) is 0 Å². The van der Waals surface area contributed by atoms with E-state index in [1.54, 1.807) is 0 Å². The highest BCUT2D eigenvalue weighted by molar-refractivity contribution is 7.87. The second kappa shape index (κ2) is 5.35. The average molecular weight is 216 g/mol. The highest BCUT2D eigenvalue weighted by atomic mass is 32.2. The van der Waals surface area contributed by atoms with Crippen LogP contribution in [0.15, 0.2) is 0 Å². The van der Waals surface area contributed by atoms with Gasteiger partial charge in [0.1, 0.15) is 0 Å². The van der Waals surface area contributed by atoms with Crippen molar-refractivity contribution < 1.29 is 8.42 Å². The average Bonchev–Trinajstić information content (AvgIpc) is 2.65. The Balaban J connectivity index is 2.31. The van der Waals surface area contributed by atoms with E-state index in [0.717, 1.165) is 12.8 Å². The smallest absolute Gasteiger partial charge is 0.202 e. The molecule has 4 nitrogen and oxygen atoms in total. The molecule has 1 saturated heterocycles. The number of nitrogens with one attached hydrogen (secondary N) is 1. The molecule has 80 valence electrons. The lowest BCUT2D eigenvalue weighted by Gasteiger charge is -2.15. The zero-order valence-corrected chi connectivity index (χ0v) is 9.02. The first-order chi connectivity index (χ1) is 6.67. The second-order valence-corrected chi connectivity index (χ2v) is 5.07. The molecule has 0 bridgehead atoms. The molecule has 1 rings (SSSR count). The molecule has 1 heterocycles. The molecule has 0 aromatic heterocycles. The minimum Gasteiger partial charge on any atom is -0.202 e. The van der Waals surface area contributed by atoms with Crippen molar-refractivity contribution >= 4 is 10.2 Å². The van der Waals surface area contributed by atoms with E-state index >= 15 is 0 Å². The fraction of sp³-hybridized carbons (Fsp3) is 0.778. The topological polar surface area (TPSA) is 49.4 Å². The van der Waals surface area contributed by atoms with Gasteiger partial charge in [-0.15, -0.1) is 12.3 Å². The molecular weight excluding hydrogens is 200 g/mol. The van der Waals surface area contributed by atoms with E-state index in [1.165, 1.54) is 4.31 Å². The Morgan fingerprint density at radius 2 is 2.00 bits per heavy atom. The van der Waals surface area contributed by atoms with Crippen molar-refractivity contribution in [1.82, 2.24) is 9.03 Å². The largest absolute Gasteiger partial charge is 0.279 e. The van der Waals surface area contributed by atoms with Crippen LogP contribution in [0.25, 0.3) is 0 Å². The molecule has 0 aliphatic carbocycles. The van der Waals surface area contributed by atoms with E-state index in [0.29, 0.717) is 32.5 Å². The van der Waals surface area contributed by atoms with Crippen LogP contribution in [0.1, 0.15) is 25.7 Å². The van der Waals surface area contributed by atoms with Crippen LogP contribution in [-0.4, -0.2) is 32.4 Å². The van der Waals surface area contributed by atoms with Gasteiger partial charge in [-0.2, -0.15) is 12.7 Å². The highest BCUT2D eigenvalue weighted by Crippen LogP contribution is 2.10. The third-order valence-electron chi connectivity index (χ3n) is 2.19. The van der Waals surface area contributed by atoms with E-state index in [9.17, 15) is 8.42 Å². The van der Waals surface area contributed by atoms with Crippen molar-refractivity contribution in [2.45, 2.75) is 25.7 Å². The Kier molecular flexibility index (Phi) is 4.39. The van der Waals surface area contributed by atoms with Gasteiger partial charge in [0.2, 0.25) is 0 Å². The predicted octanol–water partition coefficient (Wildman–Crippen LogP) is 0.330. The second-order valence-electron chi connectivity index (χ2n) is 3.31. The maximum atomic E-state index is 11.6. The van der Waals surface area contributed by atoms with Crippen molar-refractivity contribution in [3.05, 3.63) is 0 Å². The van der Waals surface area contributed by atoms with Crippen LogP contribution < -0.4 is 4.72 Å². The molecule has 1 fully saturated rings. The summed E-state index contributed by atoms with van der Waals surface area (Å²) < 4.78 is 27.1. The molecule has 1 aliphatic rings. The van der Waals surface area contributed by atoms with Gasteiger partial charge in [0, 0.05) is 26.1 Å². The van der Waals surface area contributed by atoms with Crippen LogP contribution in [0, 0.1) is 12.3 Å². The van der Waals surface area contributed by atoms with Crippen molar-refractivity contribution in [1.29, 1.82) is 0 Å². The minimum absolute atomic E-state index is 0.434. The Morgan fingerprint density at radius 1 is 1.36 bits per heavy atom. The van der Waals surface area contributed by atoms with Gasteiger partial charge in [0.05, 0.1) is 0 Å². The summed E-state index contributed by atoms with van der Waals surface area (Å²) >= 11 is 0. The molecule has 1 N–H and O–H groups in total. The molecule has 14 heavy (non-hydrogen) atoms. The summed E-state index contributed by atoms with van der Waals surface area (Å²) in [5.74, 6) is 2.48. The van der Waals surface area contributed by atoms with E-state index < -0.39 is 10.2 Å². The first-order valence-corrected chi connectivity index (χ1v) is 6.29. The monoisotopic (exact) mass is 216 g/mol. The van der Waals surface area contributed by atoms with Crippen molar-refractivity contribution in [3.63, 3.8) is 0 Å². The predicted molar refractivity (Wildman–Crippen MR) is 55.8 cm³/mol. The van der Waals surface area contributed by atoms with Gasteiger partial charge in [-0.25, -0.2) is 4.72 Å². The minimum atomic E-state index is -3.23. The summed E-state index contributed by atoms with van der Waals surface area (Å²) in [6.45, 7) is 1.72. The number of terminal acetylenes is 1. The van der Waals surface area contributed by atoms with Gasteiger partial charge >= 0.3 is 0 Å². The van der Waals surface area contributed by atoms with Crippen molar-refractivity contribution in [2.75, 3.05) is 19.6 Å². The Bertz CT molecular complexity index is 299. The van der Waals surface area contributed by atoms with E-state index in [1.807, 2.05) is 0 Å². The summed E-state index contributed by atoms with van der Waals surface area (Å²) in [5.41, 5.74) is 0. The normalized spacial score (nSPS) is 18.2. The number of hydrogen-bond donors (Lipinski definition) is 1. The zero-order chi connectivity index (χ0) is 10.4. The molecule has 0 atom stereocenters. The summed E-state index contributed by atoms with van der Waals surface area (Å²) in [5, 5.41) is 0. The third kappa shape index (κ3) is 3.29. The number of nitrogens with zero attached hydrogens (tertiary/aromatic N) is 1. The maximum Gasteiger partial charge on any atom is 0.279 e. The van der Waals surface area contributed by atoms with Crippen LogP contribution in [0.3, 0.4) is 0 Å². The molecule has 0 amide bonds. The van der Waals surface area contributed by atoms with Gasteiger partial charge in [0.25, 0.3) is 10.2 Å². The Hall–Kier alpha value is -0.570. The van der Waals surface area contributed by atoms with Crippen LogP contribution in [0.4, 0.5) is 0 Å². The van der Waals surface area contributed by atoms with Gasteiger partial charge in [0.15, 0.2) is 0 Å². The quantitative estimate of drug-likeness (QED) is 0.532. The van der Waals surface area contributed by atoms with Gasteiger partial charge in [-0.1, -0.05) is 0 Å². The van der Waals surface area contributed by atoms with E-state index in [2.05, 4.69) is 10.6 Å². The standard InChI is InChI=1S/C9H16N2O2S/c1-2-3-4-7-10-14(12,13)11-8-5-6-9-11/h1,10H,3-9H2. The molecule has 0 aromatic carbocycles. The van der Waals surface area contributed by atoms with E-state index in [-0.39, 0.29) is 0 Å². The van der Waals surface area contributed by atoms with Gasteiger partial charge in [-0.05, 0) is 19.3 Å². The summed E-state index contributed by atoms with van der Waals surface area (Å²) in [6, 6.07) is 0. The summed E-state index contributed by atoms with van der Waals surface area (Å²) in [7, 11) is -3.23. The fourth-order valence-corrected chi connectivity index (χ4v) is 2.74. The molecule has 0 radical (unpaired) electrons. The number of unbranched alkanes of at least 4 members (excludes halogenated alkanes) is 1. The van der Waals surface area contributed by atoms with Crippen LogP contribution in [0.5, 0.6) is 0 Å². The van der Waals surface area contributed by atoms with Crippen molar-refractivity contribution in [2.24, 2.45) is 0 Å². The lowest BCUT2D eigenvalue weighted by Crippen LogP contribution is -2.39. The van der Waals surface area contributed by atoms with Gasteiger partial charge < -0.3 is 0 Å². The van der Waals surface area contributed by atoms with E-state index in [4.69, 9.17) is 6.42 Å². The lowest BCUT2D eigenvalue weighted by molar-refractivity contribution is 0.464. The molecular formula is C9H16N2O2S.